The van der Waals surface area contributed by atoms with Crippen LogP contribution in [0.25, 0.3) is 21.6 Å². The maximum Gasteiger partial charge on any atom is 0.262 e. The van der Waals surface area contributed by atoms with Gasteiger partial charge in [-0.1, -0.05) is 53.5 Å². The Bertz CT molecular complexity index is 1290. The number of carbonyl (C=O) groups excluding carboxylic acids is 1. The molecule has 1 amide bonds. The standard InChI is InChI=1S/C24H19Cl2N3O2S/c25-17-6-3-5-15(10-17)16-11-18(23(27)29-13-16)21-12-20(22(32-21)24(28)30)31-9-8-14-4-1-2-7-19(14)26/h1-7,10-13H,8-9H2,(H2,27,29)(H2,28,30). The molecule has 0 spiro atoms. The number of rotatable bonds is 7. The van der Waals surface area contributed by atoms with Crippen LogP contribution in [0.15, 0.2) is 66.9 Å². The summed E-state index contributed by atoms with van der Waals surface area (Å²) in [5.74, 6) is 0.194. The maximum absolute atomic E-state index is 12.0. The van der Waals surface area contributed by atoms with Crippen LogP contribution < -0.4 is 16.2 Å². The zero-order valence-corrected chi connectivity index (χ0v) is 19.2. The number of nitrogen functional groups attached to an aromatic ring is 1. The lowest BCUT2D eigenvalue weighted by Gasteiger charge is -2.07. The van der Waals surface area contributed by atoms with Crippen LogP contribution in [0.1, 0.15) is 15.2 Å². The molecule has 0 atom stereocenters. The van der Waals surface area contributed by atoms with E-state index in [1.807, 2.05) is 48.5 Å². The third-order valence-electron chi connectivity index (χ3n) is 4.85. The number of benzene rings is 2. The van der Waals surface area contributed by atoms with Crippen molar-refractivity contribution in [2.24, 2.45) is 5.73 Å². The van der Waals surface area contributed by atoms with Gasteiger partial charge in [-0.25, -0.2) is 4.98 Å². The molecule has 0 aliphatic heterocycles. The largest absolute Gasteiger partial charge is 0.491 e. The average molecular weight is 484 g/mol. The SMILES string of the molecule is NC(=O)c1sc(-c2cc(-c3cccc(Cl)c3)cnc2N)cc1OCCc1ccccc1Cl. The highest BCUT2D eigenvalue weighted by Crippen LogP contribution is 2.39. The summed E-state index contributed by atoms with van der Waals surface area (Å²) in [4.78, 5) is 17.4. The van der Waals surface area contributed by atoms with Crippen LogP contribution in [0.3, 0.4) is 0 Å². The molecule has 0 fully saturated rings. The number of nitrogens with zero attached hydrogens (tertiary/aromatic N) is 1. The van der Waals surface area contributed by atoms with Crippen molar-refractivity contribution < 1.29 is 9.53 Å². The number of primary amides is 1. The lowest BCUT2D eigenvalue weighted by atomic mass is 10.0. The van der Waals surface area contributed by atoms with E-state index in [0.717, 1.165) is 21.6 Å². The summed E-state index contributed by atoms with van der Waals surface area (Å²) < 4.78 is 5.90. The van der Waals surface area contributed by atoms with Gasteiger partial charge in [-0.15, -0.1) is 11.3 Å². The second-order valence-corrected chi connectivity index (χ2v) is 8.92. The van der Waals surface area contributed by atoms with Crippen LogP contribution in [-0.4, -0.2) is 17.5 Å². The maximum atomic E-state index is 12.0. The van der Waals surface area contributed by atoms with Gasteiger partial charge in [-0.3, -0.25) is 4.79 Å². The summed E-state index contributed by atoms with van der Waals surface area (Å²) in [5.41, 5.74) is 15.2. The van der Waals surface area contributed by atoms with Crippen molar-refractivity contribution in [3.63, 3.8) is 0 Å². The number of ether oxygens (including phenoxy) is 1. The summed E-state index contributed by atoms with van der Waals surface area (Å²) in [6.45, 7) is 0.344. The number of hydrogen-bond donors (Lipinski definition) is 2. The molecule has 0 aliphatic carbocycles. The first-order chi connectivity index (χ1) is 15.4. The number of thiophene rings is 1. The molecule has 0 saturated heterocycles. The fourth-order valence-electron chi connectivity index (χ4n) is 3.26. The highest BCUT2D eigenvalue weighted by molar-refractivity contribution is 7.17. The van der Waals surface area contributed by atoms with Gasteiger partial charge in [0.25, 0.3) is 5.91 Å². The van der Waals surface area contributed by atoms with E-state index in [9.17, 15) is 4.79 Å². The van der Waals surface area contributed by atoms with E-state index in [1.165, 1.54) is 11.3 Å². The zero-order valence-electron chi connectivity index (χ0n) is 16.8. The third kappa shape index (κ3) is 4.88. The molecule has 4 rings (SSSR count). The Labute approximate surface area is 199 Å². The topological polar surface area (TPSA) is 91.2 Å². The summed E-state index contributed by atoms with van der Waals surface area (Å²) in [7, 11) is 0. The van der Waals surface area contributed by atoms with Gasteiger partial charge in [0.2, 0.25) is 0 Å². The number of hydrogen-bond acceptors (Lipinski definition) is 5. The van der Waals surface area contributed by atoms with Crippen molar-refractivity contribution in [1.82, 2.24) is 4.98 Å². The predicted molar refractivity (Wildman–Crippen MR) is 132 cm³/mol. The molecule has 32 heavy (non-hydrogen) atoms. The monoisotopic (exact) mass is 483 g/mol. The van der Waals surface area contributed by atoms with Crippen LogP contribution in [0.2, 0.25) is 10.0 Å². The Morgan fingerprint density at radius 2 is 1.84 bits per heavy atom. The molecule has 0 radical (unpaired) electrons. The molecule has 2 aromatic carbocycles. The fourth-order valence-corrected chi connectivity index (χ4v) is 4.66. The second-order valence-electron chi connectivity index (χ2n) is 7.03. The molecular formula is C24H19Cl2N3O2S. The number of halogens is 2. The van der Waals surface area contributed by atoms with E-state index in [1.54, 1.807) is 18.3 Å². The minimum absolute atomic E-state index is 0.326. The van der Waals surface area contributed by atoms with Gasteiger partial charge in [-0.2, -0.15) is 0 Å². The van der Waals surface area contributed by atoms with Gasteiger partial charge < -0.3 is 16.2 Å². The minimum Gasteiger partial charge on any atom is -0.491 e. The van der Waals surface area contributed by atoms with E-state index < -0.39 is 5.91 Å². The highest BCUT2D eigenvalue weighted by Gasteiger charge is 2.19. The molecule has 0 aliphatic rings. The Hall–Kier alpha value is -3.06. The van der Waals surface area contributed by atoms with Crippen molar-refractivity contribution >= 4 is 46.3 Å². The normalized spacial score (nSPS) is 10.8. The van der Waals surface area contributed by atoms with Crippen LogP contribution in [0.4, 0.5) is 5.82 Å². The molecule has 162 valence electrons. The third-order valence-corrected chi connectivity index (χ3v) is 6.62. The number of nitrogens with two attached hydrogens (primary N) is 2. The van der Waals surface area contributed by atoms with Crippen molar-refractivity contribution in [2.75, 3.05) is 12.3 Å². The van der Waals surface area contributed by atoms with Gasteiger partial charge in [0.1, 0.15) is 16.4 Å². The molecule has 4 aromatic rings. The van der Waals surface area contributed by atoms with Crippen molar-refractivity contribution in [2.45, 2.75) is 6.42 Å². The Balaban J connectivity index is 1.62. The first-order valence-electron chi connectivity index (χ1n) is 9.74. The zero-order chi connectivity index (χ0) is 22.7. The van der Waals surface area contributed by atoms with Crippen LogP contribution in [0.5, 0.6) is 5.75 Å². The number of pyridine rings is 1. The van der Waals surface area contributed by atoms with E-state index in [4.69, 9.17) is 39.4 Å². The molecule has 2 aromatic heterocycles. The highest BCUT2D eigenvalue weighted by atomic mass is 35.5. The number of anilines is 1. The second kappa shape index (κ2) is 9.61. The number of carbonyl (C=O) groups is 1. The molecule has 2 heterocycles. The smallest absolute Gasteiger partial charge is 0.262 e. The van der Waals surface area contributed by atoms with E-state index >= 15 is 0 Å². The van der Waals surface area contributed by atoms with Crippen molar-refractivity contribution in [1.29, 1.82) is 0 Å². The summed E-state index contributed by atoms with van der Waals surface area (Å²) >= 11 is 13.6. The Morgan fingerprint density at radius 1 is 1.03 bits per heavy atom. The molecule has 5 nitrogen and oxygen atoms in total. The summed E-state index contributed by atoms with van der Waals surface area (Å²) in [6.07, 6.45) is 2.28. The quantitative estimate of drug-likeness (QED) is 0.332. The fraction of sp³-hybridized carbons (Fsp3) is 0.0833. The minimum atomic E-state index is -0.563. The molecule has 0 unspecified atom stereocenters. The Kier molecular flexibility index (Phi) is 6.65. The van der Waals surface area contributed by atoms with Crippen molar-refractivity contribution in [3.05, 3.63) is 87.3 Å². The first kappa shape index (κ1) is 22.1. The Morgan fingerprint density at radius 3 is 2.59 bits per heavy atom. The lowest BCUT2D eigenvalue weighted by molar-refractivity contribution is 0.100. The van der Waals surface area contributed by atoms with Crippen LogP contribution >= 0.6 is 34.5 Å². The van der Waals surface area contributed by atoms with Gasteiger partial charge >= 0.3 is 0 Å². The summed E-state index contributed by atoms with van der Waals surface area (Å²) in [5, 5.41) is 1.30. The molecule has 0 saturated carbocycles. The van der Waals surface area contributed by atoms with Gasteiger partial charge in [0, 0.05) is 38.7 Å². The molecule has 0 bridgehead atoms. The van der Waals surface area contributed by atoms with E-state index in [2.05, 4.69) is 4.98 Å². The van der Waals surface area contributed by atoms with Gasteiger partial charge in [0.15, 0.2) is 0 Å². The van der Waals surface area contributed by atoms with E-state index in [0.29, 0.717) is 45.1 Å². The summed E-state index contributed by atoms with van der Waals surface area (Å²) in [6, 6.07) is 18.7. The predicted octanol–water partition coefficient (Wildman–Crippen LogP) is 6.09. The molecule has 8 heteroatoms. The van der Waals surface area contributed by atoms with Gasteiger partial charge in [0.05, 0.1) is 6.61 Å². The number of aromatic nitrogens is 1. The van der Waals surface area contributed by atoms with Crippen LogP contribution in [0, 0.1) is 0 Å². The van der Waals surface area contributed by atoms with Crippen LogP contribution in [-0.2, 0) is 6.42 Å². The first-order valence-corrected chi connectivity index (χ1v) is 11.3. The van der Waals surface area contributed by atoms with Gasteiger partial charge in [-0.05, 0) is 41.5 Å². The molecular weight excluding hydrogens is 465 g/mol. The average Bonchev–Trinajstić information content (AvgIpc) is 3.20. The van der Waals surface area contributed by atoms with E-state index in [-0.39, 0.29) is 0 Å². The molecule has 4 N–H and O–H groups in total. The van der Waals surface area contributed by atoms with Crippen molar-refractivity contribution in [3.8, 4) is 27.3 Å². The number of amides is 1. The lowest BCUT2D eigenvalue weighted by Crippen LogP contribution is -2.11.